The first kappa shape index (κ1) is 20.2. The Balaban J connectivity index is 1.43. The maximum absolute atomic E-state index is 12.8. The van der Waals surface area contributed by atoms with Crippen molar-refractivity contribution in [3.63, 3.8) is 0 Å². The summed E-state index contributed by atoms with van der Waals surface area (Å²) in [5.74, 6) is 1.01. The third-order valence-corrected chi connectivity index (χ3v) is 5.52. The molecule has 0 spiro atoms. The lowest BCUT2D eigenvalue weighted by Gasteiger charge is -2.26. The van der Waals surface area contributed by atoms with Gasteiger partial charge in [-0.3, -0.25) is 9.59 Å². The number of hydrogen-bond donors (Lipinski definition) is 0. The highest BCUT2D eigenvalue weighted by atomic mass is 35.5. The monoisotopic (exact) mass is 424 g/mol. The van der Waals surface area contributed by atoms with E-state index >= 15 is 0 Å². The van der Waals surface area contributed by atoms with Crippen LogP contribution in [0.5, 0.6) is 5.75 Å². The van der Waals surface area contributed by atoms with Gasteiger partial charge in [-0.25, -0.2) is 0 Å². The SMILES string of the molecule is COc1ccccc1C(=O)CCC(=O)N1CCc2noc(-c3ccc(Cl)cc3)c2C1. The summed E-state index contributed by atoms with van der Waals surface area (Å²) < 4.78 is 10.8. The van der Waals surface area contributed by atoms with Crippen molar-refractivity contribution in [2.24, 2.45) is 0 Å². The summed E-state index contributed by atoms with van der Waals surface area (Å²) in [6.45, 7) is 0.972. The first-order chi connectivity index (χ1) is 14.6. The van der Waals surface area contributed by atoms with Crippen LogP contribution in [0.4, 0.5) is 0 Å². The van der Waals surface area contributed by atoms with E-state index in [2.05, 4.69) is 5.16 Å². The molecule has 2 aromatic carbocycles. The van der Waals surface area contributed by atoms with Crippen molar-refractivity contribution < 1.29 is 18.8 Å². The van der Waals surface area contributed by atoms with Gasteiger partial charge >= 0.3 is 0 Å². The second-order valence-electron chi connectivity index (χ2n) is 7.13. The van der Waals surface area contributed by atoms with Gasteiger partial charge in [0.05, 0.1) is 24.9 Å². The molecule has 0 bridgehead atoms. The van der Waals surface area contributed by atoms with E-state index in [4.69, 9.17) is 20.9 Å². The second kappa shape index (κ2) is 8.71. The molecule has 0 unspecified atom stereocenters. The number of Topliss-reactive ketones (excluding diaryl/α,β-unsaturated/α-hetero) is 1. The topological polar surface area (TPSA) is 72.6 Å². The number of para-hydroxylation sites is 1. The Hall–Kier alpha value is -3.12. The minimum Gasteiger partial charge on any atom is -0.496 e. The van der Waals surface area contributed by atoms with Crippen LogP contribution in [-0.4, -0.2) is 35.4 Å². The number of aromatic nitrogens is 1. The lowest BCUT2D eigenvalue weighted by atomic mass is 10.0. The summed E-state index contributed by atoms with van der Waals surface area (Å²) in [5.41, 5.74) is 3.15. The molecule has 7 heteroatoms. The van der Waals surface area contributed by atoms with Crippen LogP contribution < -0.4 is 4.74 Å². The predicted molar refractivity (Wildman–Crippen MR) is 113 cm³/mol. The first-order valence-electron chi connectivity index (χ1n) is 9.74. The maximum atomic E-state index is 12.8. The van der Waals surface area contributed by atoms with Crippen LogP contribution >= 0.6 is 11.6 Å². The standard InChI is InChI=1S/C23H21ClN2O4/c1-29-21-5-3-2-4-17(21)20(27)10-11-22(28)26-13-12-19-18(14-26)23(30-25-19)15-6-8-16(24)9-7-15/h2-9H,10-14H2,1H3. The molecule has 4 rings (SSSR count). The number of halogens is 1. The molecule has 0 aliphatic carbocycles. The number of benzene rings is 2. The molecule has 0 saturated carbocycles. The summed E-state index contributed by atoms with van der Waals surface area (Å²) in [5, 5.41) is 4.81. The summed E-state index contributed by atoms with van der Waals surface area (Å²) in [6.07, 6.45) is 0.905. The van der Waals surface area contributed by atoms with Crippen LogP contribution in [0.1, 0.15) is 34.5 Å². The number of ether oxygens (including phenoxy) is 1. The number of carbonyl (C=O) groups excluding carboxylic acids is 2. The molecule has 0 atom stereocenters. The maximum Gasteiger partial charge on any atom is 0.223 e. The number of ketones is 1. The number of rotatable bonds is 6. The smallest absolute Gasteiger partial charge is 0.223 e. The van der Waals surface area contributed by atoms with Crippen molar-refractivity contribution in [1.29, 1.82) is 0 Å². The predicted octanol–water partition coefficient (Wildman–Crippen LogP) is 4.55. The molecule has 3 aromatic rings. The zero-order valence-electron chi connectivity index (χ0n) is 16.6. The first-order valence-corrected chi connectivity index (χ1v) is 10.1. The molecule has 30 heavy (non-hydrogen) atoms. The fourth-order valence-corrected chi connectivity index (χ4v) is 3.77. The Kier molecular flexibility index (Phi) is 5.86. The minimum atomic E-state index is -0.106. The van der Waals surface area contributed by atoms with Crippen molar-refractivity contribution in [3.8, 4) is 17.1 Å². The van der Waals surface area contributed by atoms with E-state index in [-0.39, 0.29) is 24.5 Å². The number of fused-ring (bicyclic) bond motifs is 1. The lowest BCUT2D eigenvalue weighted by molar-refractivity contribution is -0.132. The van der Waals surface area contributed by atoms with E-state index in [1.165, 1.54) is 7.11 Å². The Morgan fingerprint density at radius 1 is 1.13 bits per heavy atom. The number of hydrogen-bond acceptors (Lipinski definition) is 5. The highest BCUT2D eigenvalue weighted by molar-refractivity contribution is 6.30. The summed E-state index contributed by atoms with van der Waals surface area (Å²) in [4.78, 5) is 27.1. The van der Waals surface area contributed by atoms with Crippen LogP contribution in [0.2, 0.25) is 5.02 Å². The average Bonchev–Trinajstić information content (AvgIpc) is 3.21. The molecule has 1 aliphatic heterocycles. The van der Waals surface area contributed by atoms with Gasteiger partial charge in [-0.15, -0.1) is 0 Å². The number of methoxy groups -OCH3 is 1. The molecule has 6 nitrogen and oxygen atoms in total. The third kappa shape index (κ3) is 4.09. The van der Waals surface area contributed by atoms with Crippen LogP contribution in [0.15, 0.2) is 53.1 Å². The quantitative estimate of drug-likeness (QED) is 0.543. The molecule has 0 radical (unpaired) electrons. The van der Waals surface area contributed by atoms with Gasteiger partial charge in [-0.2, -0.15) is 0 Å². The number of nitrogens with zero attached hydrogens (tertiary/aromatic N) is 2. The summed E-state index contributed by atoms with van der Waals surface area (Å²) in [6, 6.07) is 14.4. The summed E-state index contributed by atoms with van der Waals surface area (Å²) >= 11 is 5.97. The number of carbonyl (C=O) groups is 2. The second-order valence-corrected chi connectivity index (χ2v) is 7.57. The fraction of sp³-hybridized carbons (Fsp3) is 0.261. The molecule has 154 valence electrons. The van der Waals surface area contributed by atoms with Crippen LogP contribution in [0.25, 0.3) is 11.3 Å². The minimum absolute atomic E-state index is 0.0628. The highest BCUT2D eigenvalue weighted by Gasteiger charge is 2.27. The van der Waals surface area contributed by atoms with Crippen molar-refractivity contribution in [2.75, 3.05) is 13.7 Å². The molecule has 2 heterocycles. The zero-order chi connectivity index (χ0) is 21.1. The van der Waals surface area contributed by atoms with Gasteiger partial charge in [0.2, 0.25) is 5.91 Å². The van der Waals surface area contributed by atoms with Gasteiger partial charge in [0.1, 0.15) is 5.75 Å². The zero-order valence-corrected chi connectivity index (χ0v) is 17.3. The van der Waals surface area contributed by atoms with Gasteiger partial charge in [-0.1, -0.05) is 28.9 Å². The summed E-state index contributed by atoms with van der Waals surface area (Å²) in [7, 11) is 1.53. The molecular weight excluding hydrogens is 404 g/mol. The van der Waals surface area contributed by atoms with E-state index in [0.29, 0.717) is 41.6 Å². The highest BCUT2D eigenvalue weighted by Crippen LogP contribution is 2.31. The van der Waals surface area contributed by atoms with E-state index in [0.717, 1.165) is 16.8 Å². The van der Waals surface area contributed by atoms with Gasteiger partial charge in [-0.05, 0) is 36.4 Å². The van der Waals surface area contributed by atoms with Crippen molar-refractivity contribution >= 4 is 23.3 Å². The Bertz CT molecular complexity index is 1080. The van der Waals surface area contributed by atoms with Crippen molar-refractivity contribution in [1.82, 2.24) is 10.1 Å². The molecule has 0 N–H and O–H groups in total. The van der Waals surface area contributed by atoms with Gasteiger partial charge in [0.25, 0.3) is 0 Å². The Morgan fingerprint density at radius 3 is 2.67 bits per heavy atom. The fourth-order valence-electron chi connectivity index (χ4n) is 3.64. The molecule has 1 aromatic heterocycles. The van der Waals surface area contributed by atoms with Crippen LogP contribution in [0.3, 0.4) is 0 Å². The lowest BCUT2D eigenvalue weighted by Crippen LogP contribution is -2.36. The molecule has 0 saturated heterocycles. The largest absolute Gasteiger partial charge is 0.496 e. The van der Waals surface area contributed by atoms with E-state index in [9.17, 15) is 9.59 Å². The molecule has 1 amide bonds. The normalized spacial score (nSPS) is 13.1. The van der Waals surface area contributed by atoms with E-state index < -0.39 is 0 Å². The third-order valence-electron chi connectivity index (χ3n) is 5.27. The van der Waals surface area contributed by atoms with Crippen LogP contribution in [-0.2, 0) is 17.8 Å². The van der Waals surface area contributed by atoms with Crippen molar-refractivity contribution in [2.45, 2.75) is 25.8 Å². The molecular formula is C23H21ClN2O4. The Morgan fingerprint density at radius 2 is 1.90 bits per heavy atom. The van der Waals surface area contributed by atoms with Gasteiger partial charge in [0, 0.05) is 42.0 Å². The van der Waals surface area contributed by atoms with E-state index in [1.54, 1.807) is 35.2 Å². The van der Waals surface area contributed by atoms with E-state index in [1.807, 2.05) is 18.2 Å². The van der Waals surface area contributed by atoms with Gasteiger partial charge < -0.3 is 14.2 Å². The molecule has 1 aliphatic rings. The number of amides is 1. The van der Waals surface area contributed by atoms with Crippen molar-refractivity contribution in [3.05, 3.63) is 70.4 Å². The molecule has 0 fully saturated rings. The van der Waals surface area contributed by atoms with Crippen LogP contribution in [0, 0.1) is 0 Å². The Labute approximate surface area is 179 Å². The van der Waals surface area contributed by atoms with Gasteiger partial charge in [0.15, 0.2) is 11.5 Å². The average molecular weight is 425 g/mol.